The van der Waals surface area contributed by atoms with E-state index in [-0.39, 0.29) is 0 Å². The van der Waals surface area contributed by atoms with Gasteiger partial charge < -0.3 is 10.3 Å². The van der Waals surface area contributed by atoms with Gasteiger partial charge in [0.15, 0.2) is 11.6 Å². The maximum Gasteiger partial charge on any atom is 0.172 e. The lowest BCUT2D eigenvalue weighted by Crippen LogP contribution is -1.92. The highest BCUT2D eigenvalue weighted by Gasteiger charge is 2.12. The minimum atomic E-state index is 0.376. The summed E-state index contributed by atoms with van der Waals surface area (Å²) >= 11 is 2.24. The van der Waals surface area contributed by atoms with Crippen LogP contribution in [-0.4, -0.2) is 21.4 Å². The monoisotopic (exact) mass is 402 g/mol. The number of aromatic amines is 2. The molecule has 0 fully saturated rings. The van der Waals surface area contributed by atoms with Gasteiger partial charge in [0, 0.05) is 15.5 Å². The van der Waals surface area contributed by atoms with E-state index in [0.717, 1.165) is 15.0 Å². The maximum absolute atomic E-state index is 9.33. The summed E-state index contributed by atoms with van der Waals surface area (Å²) in [6, 6.07) is 13.7. The van der Waals surface area contributed by atoms with Crippen LogP contribution in [0.25, 0.3) is 0 Å². The second-order valence-corrected chi connectivity index (χ2v) is 5.67. The summed E-state index contributed by atoms with van der Waals surface area (Å²) in [6.45, 7) is 0. The van der Waals surface area contributed by atoms with E-state index in [0.29, 0.717) is 17.2 Å². The Morgan fingerprint density at radius 1 is 1.27 bits per heavy atom. The number of nitriles is 1. The normalized spacial score (nSPS) is 10.7. The summed E-state index contributed by atoms with van der Waals surface area (Å²) in [5, 5.41) is 19.3. The number of anilines is 2. The average Bonchev–Trinajstić information content (AvgIpc) is 3.17. The van der Waals surface area contributed by atoms with Crippen molar-refractivity contribution in [2.45, 2.75) is 0 Å². The first-order chi connectivity index (χ1) is 10.8. The molecule has 0 bridgehead atoms. The molecule has 3 N–H and O–H groups in total. The van der Waals surface area contributed by atoms with E-state index in [1.54, 1.807) is 6.21 Å². The molecule has 0 spiro atoms. The fraction of sp³-hybridized carbons (Fsp3) is 0. The number of nitrogens with one attached hydrogen (secondary N) is 3. The Morgan fingerprint density at radius 2 is 2.09 bits per heavy atom. The molecule has 0 radical (unpaired) electrons. The number of aromatic nitrogens is 3. The molecule has 0 unspecified atom stereocenters. The van der Waals surface area contributed by atoms with Crippen LogP contribution in [0.1, 0.15) is 11.3 Å². The first-order valence-corrected chi connectivity index (χ1v) is 7.52. The van der Waals surface area contributed by atoms with Gasteiger partial charge in [0.05, 0.1) is 11.9 Å². The van der Waals surface area contributed by atoms with Crippen LogP contribution in [0.4, 0.5) is 17.3 Å². The lowest BCUT2D eigenvalue weighted by Gasteiger charge is -2.02. The number of benzene rings is 1. The molecule has 1 aromatic carbocycles. The summed E-state index contributed by atoms with van der Waals surface area (Å²) in [5.74, 6) is 0.882. The molecule has 0 aliphatic heterocycles. The Hall–Kier alpha value is -2.60. The van der Waals surface area contributed by atoms with Crippen molar-refractivity contribution in [3.05, 3.63) is 57.4 Å². The predicted octanol–water partition coefficient (Wildman–Crippen LogP) is 3.71. The Balaban J connectivity index is 1.84. The van der Waals surface area contributed by atoms with Crippen molar-refractivity contribution >= 4 is 46.1 Å². The van der Waals surface area contributed by atoms with E-state index in [1.165, 1.54) is 0 Å². The van der Waals surface area contributed by atoms with Gasteiger partial charge in [0.2, 0.25) is 0 Å². The molecule has 3 rings (SSSR count). The molecule has 0 saturated carbocycles. The molecule has 7 heteroatoms. The molecule has 0 saturated heterocycles. The topological polar surface area (TPSA) is 92.7 Å². The van der Waals surface area contributed by atoms with Gasteiger partial charge in [-0.2, -0.15) is 10.4 Å². The molecule has 6 nitrogen and oxygen atoms in total. The van der Waals surface area contributed by atoms with Crippen LogP contribution in [0.3, 0.4) is 0 Å². The van der Waals surface area contributed by atoms with Crippen molar-refractivity contribution in [3.8, 4) is 6.07 Å². The second-order valence-electron chi connectivity index (χ2n) is 4.42. The number of hydrogen-bond donors (Lipinski definition) is 3. The molecule has 2 heterocycles. The molecule has 0 amide bonds. The quantitative estimate of drug-likeness (QED) is 0.459. The van der Waals surface area contributed by atoms with E-state index in [1.807, 2.05) is 42.6 Å². The summed E-state index contributed by atoms with van der Waals surface area (Å²) in [5.41, 5.74) is 2.09. The van der Waals surface area contributed by atoms with E-state index in [2.05, 4.69) is 54.2 Å². The zero-order valence-electron chi connectivity index (χ0n) is 11.3. The highest BCUT2D eigenvalue weighted by atomic mass is 127. The van der Waals surface area contributed by atoms with E-state index < -0.39 is 0 Å². The van der Waals surface area contributed by atoms with Gasteiger partial charge in [-0.25, -0.2) is 4.99 Å². The smallest absolute Gasteiger partial charge is 0.172 e. The molecule has 0 aliphatic rings. The van der Waals surface area contributed by atoms with Gasteiger partial charge in [-0.3, -0.25) is 5.10 Å². The lowest BCUT2D eigenvalue weighted by atomic mass is 10.3. The number of halogens is 1. The third-order valence-electron chi connectivity index (χ3n) is 2.92. The minimum Gasteiger partial charge on any atom is -0.360 e. The fourth-order valence-electron chi connectivity index (χ4n) is 1.85. The summed E-state index contributed by atoms with van der Waals surface area (Å²) in [4.78, 5) is 7.27. The Labute approximate surface area is 140 Å². The Kier molecular flexibility index (Phi) is 4.20. The highest BCUT2D eigenvalue weighted by Crippen LogP contribution is 2.25. The van der Waals surface area contributed by atoms with E-state index >= 15 is 0 Å². The van der Waals surface area contributed by atoms with Gasteiger partial charge in [-0.05, 0) is 59.0 Å². The standard InChI is InChI=1S/C15H11IN6/c16-10-3-5-11(6-4-10)20-15-13(8-17)14(21-22-15)19-9-12-2-1-7-18-12/h1-7,9,18H,(H2,20,21,22)/b19-9+. The zero-order chi connectivity index (χ0) is 15.4. The molecule has 22 heavy (non-hydrogen) atoms. The van der Waals surface area contributed by atoms with Crippen LogP contribution in [0.2, 0.25) is 0 Å². The van der Waals surface area contributed by atoms with Crippen LogP contribution in [0.15, 0.2) is 47.6 Å². The van der Waals surface area contributed by atoms with Crippen LogP contribution >= 0.6 is 22.6 Å². The van der Waals surface area contributed by atoms with Crippen LogP contribution in [0.5, 0.6) is 0 Å². The second kappa shape index (κ2) is 6.44. The molecule has 3 aromatic rings. The Morgan fingerprint density at radius 3 is 2.77 bits per heavy atom. The summed E-state index contributed by atoms with van der Waals surface area (Å²) in [6.07, 6.45) is 3.45. The van der Waals surface area contributed by atoms with Crippen molar-refractivity contribution in [1.82, 2.24) is 15.2 Å². The predicted molar refractivity (Wildman–Crippen MR) is 93.8 cm³/mol. The fourth-order valence-corrected chi connectivity index (χ4v) is 2.21. The van der Waals surface area contributed by atoms with E-state index in [9.17, 15) is 5.26 Å². The number of hydrogen-bond acceptors (Lipinski definition) is 4. The van der Waals surface area contributed by atoms with Crippen LogP contribution < -0.4 is 5.32 Å². The average molecular weight is 402 g/mol. The van der Waals surface area contributed by atoms with Crippen molar-refractivity contribution in [2.75, 3.05) is 5.32 Å². The van der Waals surface area contributed by atoms with Crippen molar-refractivity contribution in [2.24, 2.45) is 4.99 Å². The number of nitrogens with zero attached hydrogens (tertiary/aromatic N) is 3. The third kappa shape index (κ3) is 3.17. The van der Waals surface area contributed by atoms with Crippen LogP contribution in [-0.2, 0) is 0 Å². The third-order valence-corrected chi connectivity index (χ3v) is 3.64. The first-order valence-electron chi connectivity index (χ1n) is 6.45. The summed E-state index contributed by atoms with van der Waals surface area (Å²) in [7, 11) is 0. The van der Waals surface area contributed by atoms with Gasteiger partial charge >= 0.3 is 0 Å². The molecular weight excluding hydrogens is 391 g/mol. The summed E-state index contributed by atoms with van der Waals surface area (Å²) < 4.78 is 1.14. The molecule has 108 valence electrons. The van der Waals surface area contributed by atoms with Gasteiger partial charge in [-0.15, -0.1) is 0 Å². The molecule has 0 aliphatic carbocycles. The van der Waals surface area contributed by atoms with Crippen molar-refractivity contribution < 1.29 is 0 Å². The molecule has 0 atom stereocenters. The highest BCUT2D eigenvalue weighted by molar-refractivity contribution is 14.1. The Bertz CT molecular complexity index is 824. The zero-order valence-corrected chi connectivity index (χ0v) is 13.5. The van der Waals surface area contributed by atoms with Gasteiger partial charge in [0.1, 0.15) is 11.6 Å². The first kappa shape index (κ1) is 14.3. The number of aliphatic imine (C=N–C) groups is 1. The van der Waals surface area contributed by atoms with E-state index in [4.69, 9.17) is 0 Å². The minimum absolute atomic E-state index is 0.376. The van der Waals surface area contributed by atoms with Crippen molar-refractivity contribution in [1.29, 1.82) is 5.26 Å². The largest absolute Gasteiger partial charge is 0.360 e. The maximum atomic E-state index is 9.33. The molecule has 2 aromatic heterocycles. The van der Waals surface area contributed by atoms with Gasteiger partial charge in [-0.1, -0.05) is 0 Å². The van der Waals surface area contributed by atoms with Crippen LogP contribution in [0, 0.1) is 14.9 Å². The SMILES string of the molecule is N#Cc1c(Nc2ccc(I)cc2)n[nH]c1/N=C/c1ccc[nH]1. The number of rotatable bonds is 4. The molecular formula is C15H11IN6. The number of H-pyrrole nitrogens is 2. The van der Waals surface area contributed by atoms with Crippen molar-refractivity contribution in [3.63, 3.8) is 0 Å². The lowest BCUT2D eigenvalue weighted by molar-refractivity contribution is 1.09. The van der Waals surface area contributed by atoms with Gasteiger partial charge in [0.25, 0.3) is 0 Å².